The number of nitrogens with zero attached hydrogens (tertiary/aromatic N) is 1. The zero-order valence-corrected chi connectivity index (χ0v) is 15.1. The Balaban J connectivity index is 3.24. The Bertz CT molecular complexity index is 669. The van der Waals surface area contributed by atoms with Gasteiger partial charge in [0.05, 0.1) is 11.8 Å². The van der Waals surface area contributed by atoms with Crippen LogP contribution >= 0.6 is 0 Å². The molecule has 8 heteroatoms. The lowest BCUT2D eigenvalue weighted by Gasteiger charge is -2.31. The van der Waals surface area contributed by atoms with Gasteiger partial charge < -0.3 is 9.84 Å². The quantitative estimate of drug-likeness (QED) is 0.842. The predicted octanol–water partition coefficient (Wildman–Crippen LogP) is 2.84. The Morgan fingerprint density at radius 2 is 2.00 bits per heavy atom. The molecule has 1 N–H and O–H groups in total. The number of aliphatic hydroxyl groups excluding tert-OH is 1. The van der Waals surface area contributed by atoms with E-state index in [1.165, 1.54) is 31.2 Å². The Kier molecular flexibility index (Phi) is 6.74. The van der Waals surface area contributed by atoms with Gasteiger partial charge in [-0.15, -0.1) is 0 Å². The standard InChI is InChI=1S/C16H24FNO5S/c1-12(13-7-5-8-14(17)11-13)18(15(20)23-16(2,3)4)24(21,22)10-6-9-19/h5,7-8,11-12,19H,6,9-10H2,1-4H3/t12-/m1/s1. The van der Waals surface area contributed by atoms with E-state index in [1.807, 2.05) is 0 Å². The van der Waals surface area contributed by atoms with Crippen molar-refractivity contribution in [2.75, 3.05) is 12.4 Å². The Morgan fingerprint density at radius 1 is 1.38 bits per heavy atom. The maximum absolute atomic E-state index is 13.4. The third-order valence-electron chi connectivity index (χ3n) is 3.12. The number of carbonyl (C=O) groups excluding carboxylic acids is 1. The summed E-state index contributed by atoms with van der Waals surface area (Å²) in [4.78, 5) is 12.4. The first-order valence-corrected chi connectivity index (χ1v) is 9.20. The molecular weight excluding hydrogens is 337 g/mol. The van der Waals surface area contributed by atoms with E-state index in [-0.39, 0.29) is 13.0 Å². The summed E-state index contributed by atoms with van der Waals surface area (Å²) in [6, 6.07) is 4.43. The number of aliphatic hydroxyl groups is 1. The smallest absolute Gasteiger partial charge is 0.424 e. The minimum Gasteiger partial charge on any atom is -0.443 e. The molecule has 1 amide bonds. The molecule has 0 aliphatic carbocycles. The lowest BCUT2D eigenvalue weighted by molar-refractivity contribution is 0.0346. The van der Waals surface area contributed by atoms with Gasteiger partial charge in [0.25, 0.3) is 0 Å². The molecule has 0 aliphatic heterocycles. The molecule has 0 spiro atoms. The normalized spacial score (nSPS) is 13.4. The van der Waals surface area contributed by atoms with Crippen molar-refractivity contribution < 1.29 is 27.4 Å². The topological polar surface area (TPSA) is 83.9 Å². The van der Waals surface area contributed by atoms with Gasteiger partial charge in [0, 0.05) is 6.61 Å². The van der Waals surface area contributed by atoms with Crippen molar-refractivity contribution in [1.29, 1.82) is 0 Å². The van der Waals surface area contributed by atoms with E-state index in [2.05, 4.69) is 0 Å². The second-order valence-corrected chi connectivity index (χ2v) is 8.37. The molecule has 136 valence electrons. The van der Waals surface area contributed by atoms with Gasteiger partial charge in [0.2, 0.25) is 10.0 Å². The molecule has 0 heterocycles. The largest absolute Gasteiger partial charge is 0.443 e. The van der Waals surface area contributed by atoms with Gasteiger partial charge in [-0.2, -0.15) is 4.31 Å². The summed E-state index contributed by atoms with van der Waals surface area (Å²) in [7, 11) is -4.04. The predicted molar refractivity (Wildman–Crippen MR) is 88.4 cm³/mol. The van der Waals surface area contributed by atoms with Crippen molar-refractivity contribution in [3.63, 3.8) is 0 Å². The number of halogens is 1. The van der Waals surface area contributed by atoms with E-state index in [0.29, 0.717) is 9.87 Å². The van der Waals surface area contributed by atoms with Crippen molar-refractivity contribution >= 4 is 16.1 Å². The molecule has 0 saturated carbocycles. The SMILES string of the molecule is C[C@H](c1cccc(F)c1)N(C(=O)OC(C)(C)C)S(=O)(=O)CCCO. The summed E-state index contributed by atoms with van der Waals surface area (Å²) in [5.41, 5.74) is -0.558. The van der Waals surface area contributed by atoms with Crippen LogP contribution < -0.4 is 0 Å². The summed E-state index contributed by atoms with van der Waals surface area (Å²) in [6.45, 7) is 6.02. The maximum atomic E-state index is 13.4. The number of ether oxygens (including phenoxy) is 1. The van der Waals surface area contributed by atoms with Crippen LogP contribution in [0.2, 0.25) is 0 Å². The fraction of sp³-hybridized carbons (Fsp3) is 0.562. The zero-order valence-electron chi connectivity index (χ0n) is 14.3. The fourth-order valence-electron chi connectivity index (χ4n) is 2.07. The van der Waals surface area contributed by atoms with Gasteiger partial charge in [-0.3, -0.25) is 0 Å². The lowest BCUT2D eigenvalue weighted by Crippen LogP contribution is -2.43. The number of sulfonamides is 1. The zero-order chi connectivity index (χ0) is 18.5. The van der Waals surface area contributed by atoms with Crippen LogP contribution in [0.3, 0.4) is 0 Å². The number of hydrogen-bond acceptors (Lipinski definition) is 5. The first-order valence-electron chi connectivity index (χ1n) is 7.59. The summed E-state index contributed by atoms with van der Waals surface area (Å²) in [6.07, 6.45) is -1.05. The summed E-state index contributed by atoms with van der Waals surface area (Å²) >= 11 is 0. The van der Waals surface area contributed by atoms with Gasteiger partial charge in [-0.1, -0.05) is 12.1 Å². The van der Waals surface area contributed by atoms with Gasteiger partial charge in [-0.05, 0) is 51.8 Å². The highest BCUT2D eigenvalue weighted by Crippen LogP contribution is 2.27. The van der Waals surface area contributed by atoms with Crippen LogP contribution in [0.5, 0.6) is 0 Å². The molecule has 0 radical (unpaired) electrons. The fourth-order valence-corrected chi connectivity index (χ4v) is 3.63. The number of amides is 1. The maximum Gasteiger partial charge on any atom is 0.424 e. The molecule has 0 unspecified atom stereocenters. The summed E-state index contributed by atoms with van der Waals surface area (Å²) < 4.78 is 44.3. The van der Waals surface area contributed by atoms with Crippen molar-refractivity contribution in [2.45, 2.75) is 45.8 Å². The van der Waals surface area contributed by atoms with Gasteiger partial charge in [0.15, 0.2) is 0 Å². The Hall–Kier alpha value is -1.67. The second-order valence-electron chi connectivity index (χ2n) is 6.40. The van der Waals surface area contributed by atoms with Crippen LogP contribution in [0.1, 0.15) is 45.7 Å². The summed E-state index contributed by atoms with van der Waals surface area (Å²) in [5.74, 6) is -0.946. The highest BCUT2D eigenvalue weighted by molar-refractivity contribution is 7.89. The first kappa shape index (κ1) is 20.4. The van der Waals surface area contributed by atoms with Crippen molar-refractivity contribution in [1.82, 2.24) is 4.31 Å². The van der Waals surface area contributed by atoms with E-state index in [1.54, 1.807) is 20.8 Å². The molecule has 0 aliphatic rings. The second kappa shape index (κ2) is 7.94. The minimum absolute atomic E-state index is 0.0164. The van der Waals surface area contributed by atoms with Crippen molar-refractivity contribution in [3.05, 3.63) is 35.6 Å². The van der Waals surface area contributed by atoms with Crippen LogP contribution in [-0.2, 0) is 14.8 Å². The van der Waals surface area contributed by atoms with Crippen LogP contribution in [0, 0.1) is 5.82 Å². The van der Waals surface area contributed by atoms with Crippen LogP contribution in [0.4, 0.5) is 9.18 Å². The van der Waals surface area contributed by atoms with Gasteiger partial charge >= 0.3 is 6.09 Å². The van der Waals surface area contributed by atoms with E-state index in [9.17, 15) is 17.6 Å². The molecular formula is C16H24FNO5S. The molecule has 0 fully saturated rings. The highest BCUT2D eigenvalue weighted by Gasteiger charge is 2.36. The van der Waals surface area contributed by atoms with Crippen LogP contribution in [0.25, 0.3) is 0 Å². The van der Waals surface area contributed by atoms with E-state index in [4.69, 9.17) is 9.84 Å². The van der Waals surface area contributed by atoms with Crippen LogP contribution in [-0.4, -0.2) is 41.9 Å². The molecule has 0 bridgehead atoms. The summed E-state index contributed by atoms with van der Waals surface area (Å²) in [5, 5.41) is 8.88. The van der Waals surface area contributed by atoms with Crippen LogP contribution in [0.15, 0.2) is 24.3 Å². The molecule has 0 saturated heterocycles. The van der Waals surface area contributed by atoms with E-state index in [0.717, 1.165) is 0 Å². The molecule has 6 nitrogen and oxygen atoms in total. The van der Waals surface area contributed by atoms with Gasteiger partial charge in [-0.25, -0.2) is 17.6 Å². The van der Waals surface area contributed by atoms with Crippen molar-refractivity contribution in [2.24, 2.45) is 0 Å². The minimum atomic E-state index is -4.04. The lowest BCUT2D eigenvalue weighted by atomic mass is 10.1. The third kappa shape index (κ3) is 5.76. The number of benzene rings is 1. The van der Waals surface area contributed by atoms with E-state index >= 15 is 0 Å². The third-order valence-corrected chi connectivity index (χ3v) is 4.99. The van der Waals surface area contributed by atoms with E-state index < -0.39 is 39.3 Å². The highest BCUT2D eigenvalue weighted by atomic mass is 32.2. The number of hydrogen-bond donors (Lipinski definition) is 1. The number of carbonyl (C=O) groups is 1. The first-order chi connectivity index (χ1) is 11.0. The Labute approximate surface area is 142 Å². The molecule has 1 aromatic carbocycles. The molecule has 1 rings (SSSR count). The molecule has 0 aromatic heterocycles. The average molecular weight is 361 g/mol. The average Bonchev–Trinajstić information content (AvgIpc) is 2.43. The monoisotopic (exact) mass is 361 g/mol. The van der Waals surface area contributed by atoms with Gasteiger partial charge in [0.1, 0.15) is 11.4 Å². The molecule has 1 atom stereocenters. The molecule has 1 aromatic rings. The molecule has 24 heavy (non-hydrogen) atoms. The van der Waals surface area contributed by atoms with Crippen molar-refractivity contribution in [3.8, 4) is 0 Å². The Morgan fingerprint density at radius 3 is 2.50 bits per heavy atom. The number of rotatable bonds is 6.